The Labute approximate surface area is 507 Å². The van der Waals surface area contributed by atoms with Crippen LogP contribution >= 0.6 is 45.1 Å². The second kappa shape index (κ2) is 30.7. The minimum Gasteiger partial charge on any atom is -0.478 e. The van der Waals surface area contributed by atoms with Crippen molar-refractivity contribution < 1.29 is 125 Å². The third-order valence-electron chi connectivity index (χ3n) is 11.9. The summed E-state index contributed by atoms with van der Waals surface area (Å²) in [4.78, 5) is 89.5. The summed E-state index contributed by atoms with van der Waals surface area (Å²) in [5, 5.41) is 23.0. The van der Waals surface area contributed by atoms with Gasteiger partial charge in [0.15, 0.2) is 21.1 Å². The number of carboxylic acid groups (broad SMARTS) is 1. The SMILES string of the molecule is CC(C)(CNC(=O)CCOCCOCCOCCOCCNC(=O)c1ccc(-c2c3ccc(=N)c(S(=O)(=O)O)c-3oc3c(S(=O)(=O)O)c(N)ccc23)c(C(=O)O)c1)SSCOC1C[C@H](n2ccc(N)nc2=O)O[C@@H]1COP(=O)(O)OP(=O)(O)OP(=O)(O)O. The molecular weight excluding hydrogens is 1320 g/mol. The van der Waals surface area contributed by atoms with Gasteiger partial charge < -0.3 is 79.6 Å². The fourth-order valence-corrected chi connectivity index (χ4v) is 14.9. The molecule has 5 atom stereocenters. The molecule has 3 aliphatic rings. The summed E-state index contributed by atoms with van der Waals surface area (Å²) in [6.45, 7) is 4.31. The molecule has 486 valence electrons. The van der Waals surface area contributed by atoms with Crippen molar-refractivity contribution >= 4 is 106 Å². The predicted octanol–water partition coefficient (Wildman–Crippen LogP) is 2.73. The molecule has 0 radical (unpaired) electrons. The maximum absolute atomic E-state index is 13.2. The standard InChI is InChI=1S/C46H60N7O28P3S4/c1-46(2,86-85-25-76-33-22-37(53-12-9-35(49)52-45(53)58)78-34(33)23-77-83(62,63)81-84(64,65)80-82(59,60)61)24-51-36(54)10-13-72-15-17-74-19-20-75-18-16-73-14-11-50-43(55)26-3-4-27(30(21-26)44(56)57)38-28-5-7-31(47)41(87(66,67)68)39(28)79-40-29(38)6-8-32(48)42(40)88(69,70)71/h3-9,12,21,33-34,37,47H,10-11,13-20,22-25,48H2,1-2H3,(H,50,55)(H,51,54)(H,56,57)(H,62,63)(H,64,65)(H2,49,52,58)(H2,59,60,61)(H,66,67,68)(H,69,70,71)/t33?,34-,37-/m1/s1. The maximum Gasteiger partial charge on any atom is 0.490 e. The molecule has 3 unspecified atom stereocenters. The number of phosphoric ester groups is 1. The van der Waals surface area contributed by atoms with Crippen LogP contribution in [0.3, 0.4) is 0 Å². The van der Waals surface area contributed by atoms with Gasteiger partial charge in [-0.3, -0.25) is 33.2 Å². The summed E-state index contributed by atoms with van der Waals surface area (Å²) < 4.78 is 157. The number of amides is 2. The molecule has 1 aromatic heterocycles. The highest BCUT2D eigenvalue weighted by Crippen LogP contribution is 2.66. The van der Waals surface area contributed by atoms with Crippen LogP contribution < -0.4 is 33.1 Å². The van der Waals surface area contributed by atoms with Gasteiger partial charge in [-0.15, -0.1) is 0 Å². The van der Waals surface area contributed by atoms with Gasteiger partial charge in [-0.25, -0.2) is 23.3 Å². The molecule has 3 aromatic rings. The molecule has 1 aliphatic carbocycles. The summed E-state index contributed by atoms with van der Waals surface area (Å²) in [6.07, 6.45) is -1.89. The van der Waals surface area contributed by atoms with Gasteiger partial charge in [0.25, 0.3) is 26.1 Å². The molecular formula is C46H60N7O28P3S4. The van der Waals surface area contributed by atoms with Crippen molar-refractivity contribution in [2.45, 2.75) is 59.7 Å². The van der Waals surface area contributed by atoms with Crippen LogP contribution in [-0.4, -0.2) is 173 Å². The number of aromatic nitrogens is 2. The monoisotopic (exact) mass is 1380 g/mol. The van der Waals surface area contributed by atoms with Gasteiger partial charge in [0.2, 0.25) is 5.91 Å². The van der Waals surface area contributed by atoms with Gasteiger partial charge in [-0.05, 0) is 61.9 Å². The number of hydrogen-bond acceptors (Lipinski definition) is 27. The van der Waals surface area contributed by atoms with Crippen molar-refractivity contribution in [1.29, 1.82) is 5.41 Å². The van der Waals surface area contributed by atoms with Crippen molar-refractivity contribution in [3.63, 3.8) is 0 Å². The van der Waals surface area contributed by atoms with Crippen molar-refractivity contribution in [3.05, 3.63) is 81.7 Å². The van der Waals surface area contributed by atoms with Crippen molar-refractivity contribution in [2.24, 2.45) is 0 Å². The number of nitrogens with two attached hydrogens (primary N) is 2. The number of nitrogens with one attached hydrogen (secondary N) is 3. The van der Waals surface area contributed by atoms with E-state index >= 15 is 0 Å². The number of benzene rings is 3. The average Bonchev–Trinajstić information content (AvgIpc) is 0.885. The van der Waals surface area contributed by atoms with Crippen LogP contribution in [0.1, 0.15) is 53.6 Å². The summed E-state index contributed by atoms with van der Waals surface area (Å²) >= 11 is 0. The molecule has 0 bridgehead atoms. The topological polar surface area (TPSA) is 543 Å². The minimum atomic E-state index is -5.80. The first-order valence-corrected chi connectivity index (χ1v) is 35.0. The highest BCUT2D eigenvalue weighted by molar-refractivity contribution is 8.77. The molecule has 1 fully saturated rings. The number of carboxylic acids is 1. The van der Waals surface area contributed by atoms with Crippen LogP contribution in [0.4, 0.5) is 11.5 Å². The van der Waals surface area contributed by atoms with Crippen molar-refractivity contribution in [1.82, 2.24) is 20.2 Å². The van der Waals surface area contributed by atoms with E-state index in [0.29, 0.717) is 0 Å². The van der Waals surface area contributed by atoms with Gasteiger partial charge in [-0.2, -0.15) is 30.4 Å². The zero-order chi connectivity index (χ0) is 65.0. The molecule has 0 saturated carbocycles. The van der Waals surface area contributed by atoms with E-state index in [9.17, 15) is 73.7 Å². The number of aromatic carboxylic acids is 1. The van der Waals surface area contributed by atoms with Crippen LogP contribution in [-0.2, 0) is 80.3 Å². The zero-order valence-electron chi connectivity index (χ0n) is 46.1. The van der Waals surface area contributed by atoms with Crippen molar-refractivity contribution in [2.75, 3.05) is 90.0 Å². The second-order valence-electron chi connectivity index (χ2n) is 19.0. The average molecular weight is 1380 g/mol. The van der Waals surface area contributed by atoms with E-state index < -0.39 is 129 Å². The molecule has 1 saturated heterocycles. The fourth-order valence-electron chi connectivity index (χ4n) is 8.18. The first-order valence-electron chi connectivity index (χ1n) is 25.3. The van der Waals surface area contributed by atoms with Gasteiger partial charge in [0.1, 0.15) is 24.1 Å². The number of carbonyl (C=O) groups excluding carboxylic acids is 2. The van der Waals surface area contributed by atoms with Gasteiger partial charge >= 0.3 is 35.1 Å². The van der Waals surface area contributed by atoms with Gasteiger partial charge in [-0.1, -0.05) is 27.7 Å². The Morgan fingerprint density at radius 2 is 1.45 bits per heavy atom. The molecule has 88 heavy (non-hydrogen) atoms. The molecule has 3 heterocycles. The molecule has 42 heteroatoms. The van der Waals surface area contributed by atoms with Crippen LogP contribution in [0.2, 0.25) is 0 Å². The lowest BCUT2D eigenvalue weighted by atomic mass is 9.89. The van der Waals surface area contributed by atoms with Crippen LogP contribution in [0, 0.1) is 5.41 Å². The van der Waals surface area contributed by atoms with E-state index in [1.165, 1.54) is 58.1 Å². The van der Waals surface area contributed by atoms with Crippen LogP contribution in [0.25, 0.3) is 33.4 Å². The van der Waals surface area contributed by atoms with E-state index in [1.807, 2.05) is 13.8 Å². The number of fused-ring (bicyclic) bond motifs is 2. The maximum atomic E-state index is 13.2. The number of hydrogen-bond donors (Lipinski definition) is 12. The second-order valence-corrected chi connectivity index (χ2v) is 29.1. The third kappa shape index (κ3) is 20.9. The van der Waals surface area contributed by atoms with E-state index in [2.05, 4.69) is 24.2 Å². The number of carbonyl (C=O) groups is 3. The number of phosphoric acid groups is 3. The zero-order valence-corrected chi connectivity index (χ0v) is 52.0. The number of ether oxygens (including phenoxy) is 6. The normalized spacial score (nSPS) is 17.2. The van der Waals surface area contributed by atoms with E-state index in [0.717, 1.165) is 22.8 Å². The summed E-state index contributed by atoms with van der Waals surface area (Å²) in [6, 6.07) is 9.25. The van der Waals surface area contributed by atoms with E-state index in [4.69, 9.17) is 64.0 Å². The van der Waals surface area contributed by atoms with Crippen molar-refractivity contribution in [3.8, 4) is 22.5 Å². The predicted molar refractivity (Wildman–Crippen MR) is 309 cm³/mol. The lowest BCUT2D eigenvalue weighted by Gasteiger charge is -2.24. The molecule has 2 amide bonds. The first-order chi connectivity index (χ1) is 41.1. The number of nitrogens with zero attached hydrogens (tertiary/aromatic N) is 2. The lowest BCUT2D eigenvalue weighted by molar-refractivity contribution is -0.122. The number of rotatable bonds is 35. The summed E-state index contributed by atoms with van der Waals surface area (Å²) in [7, 11) is -24.8. The van der Waals surface area contributed by atoms with E-state index in [1.54, 1.807) is 0 Å². The highest BCUT2D eigenvalue weighted by Gasteiger charge is 2.44. The minimum absolute atomic E-state index is 0.0152. The Hall–Kier alpha value is -5.29. The summed E-state index contributed by atoms with van der Waals surface area (Å²) in [5.41, 5.74) is 8.20. The Balaban J connectivity index is 0.844. The Kier molecular flexibility index (Phi) is 25.0. The summed E-state index contributed by atoms with van der Waals surface area (Å²) in [5.74, 6) is -3.42. The quantitative estimate of drug-likeness (QED) is 0.00528. The first kappa shape index (κ1) is 71.8. The molecule has 2 aliphatic heterocycles. The number of anilines is 2. The Morgan fingerprint density at radius 1 is 0.830 bits per heavy atom. The fraction of sp³-hybridized carbons (Fsp3) is 0.435. The number of nitrogen functional groups attached to an aromatic ring is 2. The lowest BCUT2D eigenvalue weighted by Crippen LogP contribution is -2.36. The largest absolute Gasteiger partial charge is 0.490 e. The smallest absolute Gasteiger partial charge is 0.478 e. The molecule has 14 N–H and O–H groups in total. The Bertz CT molecular complexity index is 3830. The molecule has 35 nitrogen and oxygen atoms in total. The third-order valence-corrected chi connectivity index (χ3v) is 20.5. The molecule has 0 spiro atoms. The van der Waals surface area contributed by atoms with E-state index in [-0.39, 0.29) is 124 Å². The Morgan fingerprint density at radius 3 is 2.07 bits per heavy atom. The molecule has 6 rings (SSSR count). The highest BCUT2D eigenvalue weighted by atomic mass is 33.1. The van der Waals surface area contributed by atoms with Crippen LogP contribution in [0.5, 0.6) is 0 Å². The van der Waals surface area contributed by atoms with Gasteiger partial charge in [0, 0.05) is 59.0 Å². The van der Waals surface area contributed by atoms with Crippen LogP contribution in [0.15, 0.2) is 73.7 Å². The molecule has 2 aromatic carbocycles. The van der Waals surface area contributed by atoms with Gasteiger partial charge in [0.05, 0.1) is 82.2 Å².